The van der Waals surface area contributed by atoms with Crippen molar-refractivity contribution in [2.24, 2.45) is 5.92 Å². The maximum Gasteiger partial charge on any atom is 0.0492 e. The Hall–Kier alpha value is -0.790. The topological polar surface area (TPSA) is 17.8 Å². The molecule has 1 heterocycles. The largest absolute Gasteiger partial charge is 0.267 e. The van der Waals surface area contributed by atoms with Gasteiger partial charge in [0.2, 0.25) is 0 Å². The van der Waals surface area contributed by atoms with Crippen molar-refractivity contribution in [3.63, 3.8) is 0 Å². The molecular formula is C10H16N2. The van der Waals surface area contributed by atoms with Gasteiger partial charge in [-0.25, -0.2) is 0 Å². The molecule has 1 aromatic heterocycles. The second-order valence-corrected chi connectivity index (χ2v) is 4.01. The molecule has 0 atom stereocenters. The zero-order valence-corrected chi connectivity index (χ0v) is 7.83. The highest BCUT2D eigenvalue weighted by Crippen LogP contribution is 2.32. The van der Waals surface area contributed by atoms with E-state index in [4.69, 9.17) is 0 Å². The molecule has 0 unspecified atom stereocenters. The maximum atomic E-state index is 4.31. The Morgan fingerprint density at radius 3 is 2.92 bits per heavy atom. The lowest BCUT2D eigenvalue weighted by Gasteiger charge is -2.09. The molecule has 1 fully saturated rings. The minimum Gasteiger partial charge on any atom is -0.267 e. The van der Waals surface area contributed by atoms with Crippen LogP contribution in [0.2, 0.25) is 0 Å². The lowest BCUT2D eigenvalue weighted by molar-refractivity contribution is 0.503. The van der Waals surface area contributed by atoms with Crippen molar-refractivity contribution in [1.29, 1.82) is 0 Å². The average molecular weight is 164 g/mol. The SMILES string of the molecule is CC(C)n1nccc1CC1CC1. The fourth-order valence-corrected chi connectivity index (χ4v) is 1.59. The van der Waals surface area contributed by atoms with Gasteiger partial charge in [-0.05, 0) is 45.1 Å². The van der Waals surface area contributed by atoms with Crippen molar-refractivity contribution in [2.45, 2.75) is 39.2 Å². The number of hydrogen-bond acceptors (Lipinski definition) is 1. The Morgan fingerprint density at radius 1 is 1.58 bits per heavy atom. The third-order valence-electron chi connectivity index (χ3n) is 2.44. The Balaban J connectivity index is 2.11. The van der Waals surface area contributed by atoms with Crippen molar-refractivity contribution >= 4 is 0 Å². The van der Waals surface area contributed by atoms with Gasteiger partial charge in [0.25, 0.3) is 0 Å². The van der Waals surface area contributed by atoms with E-state index < -0.39 is 0 Å². The van der Waals surface area contributed by atoms with Gasteiger partial charge in [0, 0.05) is 17.9 Å². The van der Waals surface area contributed by atoms with Gasteiger partial charge < -0.3 is 0 Å². The third kappa shape index (κ3) is 1.52. The van der Waals surface area contributed by atoms with E-state index in [0.717, 1.165) is 5.92 Å². The zero-order chi connectivity index (χ0) is 8.55. The summed E-state index contributed by atoms with van der Waals surface area (Å²) in [6, 6.07) is 2.66. The van der Waals surface area contributed by atoms with E-state index in [9.17, 15) is 0 Å². The molecule has 1 aliphatic rings. The first kappa shape index (κ1) is 7.84. The first-order valence-corrected chi connectivity index (χ1v) is 4.80. The highest BCUT2D eigenvalue weighted by atomic mass is 15.3. The molecule has 0 N–H and O–H groups in total. The zero-order valence-electron chi connectivity index (χ0n) is 7.83. The van der Waals surface area contributed by atoms with Gasteiger partial charge in [0.05, 0.1) is 0 Å². The number of hydrogen-bond donors (Lipinski definition) is 0. The van der Waals surface area contributed by atoms with Crippen molar-refractivity contribution in [1.82, 2.24) is 9.78 Å². The van der Waals surface area contributed by atoms with Crippen LogP contribution in [-0.4, -0.2) is 9.78 Å². The van der Waals surface area contributed by atoms with E-state index in [1.165, 1.54) is 25.0 Å². The lowest BCUT2D eigenvalue weighted by atomic mass is 10.2. The molecule has 0 aliphatic heterocycles. The third-order valence-corrected chi connectivity index (χ3v) is 2.44. The fourth-order valence-electron chi connectivity index (χ4n) is 1.59. The lowest BCUT2D eigenvalue weighted by Crippen LogP contribution is -2.07. The van der Waals surface area contributed by atoms with E-state index in [2.05, 4.69) is 29.7 Å². The molecule has 2 heteroatoms. The van der Waals surface area contributed by atoms with Crippen LogP contribution >= 0.6 is 0 Å². The number of aromatic nitrogens is 2. The highest BCUT2D eigenvalue weighted by molar-refractivity contribution is 5.04. The summed E-state index contributed by atoms with van der Waals surface area (Å²) in [6.45, 7) is 4.37. The Bertz CT molecular complexity index is 259. The van der Waals surface area contributed by atoms with E-state index in [0.29, 0.717) is 6.04 Å². The molecule has 0 saturated heterocycles. The van der Waals surface area contributed by atoms with Crippen LogP contribution in [0.5, 0.6) is 0 Å². The van der Waals surface area contributed by atoms with Gasteiger partial charge in [-0.15, -0.1) is 0 Å². The van der Waals surface area contributed by atoms with E-state index in [-0.39, 0.29) is 0 Å². The second kappa shape index (κ2) is 2.92. The van der Waals surface area contributed by atoms with E-state index in [1.54, 1.807) is 0 Å². The molecular weight excluding hydrogens is 148 g/mol. The molecule has 1 saturated carbocycles. The first-order chi connectivity index (χ1) is 5.77. The maximum absolute atomic E-state index is 4.31. The van der Waals surface area contributed by atoms with Gasteiger partial charge >= 0.3 is 0 Å². The van der Waals surface area contributed by atoms with Crippen LogP contribution in [0.15, 0.2) is 12.3 Å². The van der Waals surface area contributed by atoms with Crippen molar-refractivity contribution < 1.29 is 0 Å². The van der Waals surface area contributed by atoms with Crippen molar-refractivity contribution in [3.05, 3.63) is 18.0 Å². The van der Waals surface area contributed by atoms with Crippen molar-refractivity contribution in [2.75, 3.05) is 0 Å². The quantitative estimate of drug-likeness (QED) is 0.670. The summed E-state index contributed by atoms with van der Waals surface area (Å²) in [5.74, 6) is 0.958. The summed E-state index contributed by atoms with van der Waals surface area (Å²) in [4.78, 5) is 0. The molecule has 0 spiro atoms. The summed E-state index contributed by atoms with van der Waals surface area (Å²) >= 11 is 0. The molecule has 2 nitrogen and oxygen atoms in total. The molecule has 0 aromatic carbocycles. The van der Waals surface area contributed by atoms with Gasteiger partial charge in [-0.1, -0.05) is 0 Å². The van der Waals surface area contributed by atoms with Crippen LogP contribution in [0.3, 0.4) is 0 Å². The number of rotatable bonds is 3. The van der Waals surface area contributed by atoms with Gasteiger partial charge in [-0.2, -0.15) is 5.10 Å². The van der Waals surface area contributed by atoms with Crippen LogP contribution < -0.4 is 0 Å². The summed E-state index contributed by atoms with van der Waals surface area (Å²) < 4.78 is 2.14. The summed E-state index contributed by atoms with van der Waals surface area (Å²) in [5, 5.41) is 4.31. The average Bonchev–Trinajstić information content (AvgIpc) is 2.66. The predicted molar refractivity (Wildman–Crippen MR) is 49.0 cm³/mol. The number of nitrogens with zero attached hydrogens (tertiary/aromatic N) is 2. The standard InChI is InChI=1S/C10H16N2/c1-8(2)12-10(5-6-11-12)7-9-3-4-9/h5-6,8-9H,3-4,7H2,1-2H3. The van der Waals surface area contributed by atoms with Gasteiger partial charge in [0.1, 0.15) is 0 Å². The van der Waals surface area contributed by atoms with E-state index in [1.807, 2.05) is 6.20 Å². The fraction of sp³-hybridized carbons (Fsp3) is 0.700. The molecule has 0 radical (unpaired) electrons. The summed E-state index contributed by atoms with van der Waals surface area (Å²) in [5.41, 5.74) is 1.41. The molecule has 0 bridgehead atoms. The predicted octanol–water partition coefficient (Wildman–Crippen LogP) is 2.42. The normalized spacial score (nSPS) is 17.2. The van der Waals surface area contributed by atoms with Crippen LogP contribution in [0.4, 0.5) is 0 Å². The Kier molecular flexibility index (Phi) is 1.91. The van der Waals surface area contributed by atoms with Gasteiger partial charge in [-0.3, -0.25) is 4.68 Å². The van der Waals surface area contributed by atoms with Crippen molar-refractivity contribution in [3.8, 4) is 0 Å². The second-order valence-electron chi connectivity index (χ2n) is 4.01. The van der Waals surface area contributed by atoms with E-state index >= 15 is 0 Å². The molecule has 2 rings (SSSR count). The smallest absolute Gasteiger partial charge is 0.0492 e. The van der Waals surface area contributed by atoms with Crippen LogP contribution in [-0.2, 0) is 6.42 Å². The van der Waals surface area contributed by atoms with Gasteiger partial charge in [0.15, 0.2) is 0 Å². The Morgan fingerprint density at radius 2 is 2.33 bits per heavy atom. The summed E-state index contributed by atoms with van der Waals surface area (Å²) in [6.07, 6.45) is 5.99. The van der Waals surface area contributed by atoms with Crippen LogP contribution in [0.1, 0.15) is 38.4 Å². The molecule has 0 amide bonds. The summed E-state index contributed by atoms with van der Waals surface area (Å²) in [7, 11) is 0. The monoisotopic (exact) mass is 164 g/mol. The molecule has 12 heavy (non-hydrogen) atoms. The molecule has 1 aromatic rings. The molecule has 66 valence electrons. The minimum atomic E-state index is 0.508. The first-order valence-electron chi connectivity index (χ1n) is 4.80. The molecule has 1 aliphatic carbocycles. The Labute approximate surface area is 73.6 Å². The van der Waals surface area contributed by atoms with Crippen LogP contribution in [0.25, 0.3) is 0 Å². The minimum absolute atomic E-state index is 0.508. The highest BCUT2D eigenvalue weighted by Gasteiger charge is 2.23. The van der Waals surface area contributed by atoms with Crippen LogP contribution in [0, 0.1) is 5.92 Å².